The fourth-order valence-electron chi connectivity index (χ4n) is 3.41. The molecule has 5 nitrogen and oxygen atoms in total. The van der Waals surface area contributed by atoms with Gasteiger partial charge in [-0.3, -0.25) is 4.79 Å². The Morgan fingerprint density at radius 3 is 2.39 bits per heavy atom. The number of carbonyl (C=O) groups is 1. The quantitative estimate of drug-likeness (QED) is 0.645. The van der Waals surface area contributed by atoms with Crippen molar-refractivity contribution in [1.82, 2.24) is 0 Å². The number of primary amides is 1. The minimum Gasteiger partial charge on any atom is -0.489 e. The highest BCUT2D eigenvalue weighted by Gasteiger charge is 2.35. The highest BCUT2D eigenvalue weighted by atomic mass is 19.4. The zero-order valence-corrected chi connectivity index (χ0v) is 15.9. The third-order valence-corrected chi connectivity index (χ3v) is 4.82. The van der Waals surface area contributed by atoms with Gasteiger partial charge in [-0.25, -0.2) is 4.39 Å². The van der Waals surface area contributed by atoms with Crippen molar-refractivity contribution in [2.45, 2.75) is 31.4 Å². The van der Waals surface area contributed by atoms with Gasteiger partial charge in [-0.05, 0) is 42.5 Å². The van der Waals surface area contributed by atoms with Crippen molar-refractivity contribution in [3.05, 3.63) is 59.4 Å². The first-order chi connectivity index (χ1) is 14.5. The number of carbonyl (C=O) groups excluding carboxylic acids is 1. The number of amides is 1. The summed E-state index contributed by atoms with van der Waals surface area (Å²) in [6.45, 7) is -3.26. The molecule has 3 rings (SSSR count). The molecular weight excluding hydrogens is 430 g/mol. The van der Waals surface area contributed by atoms with Crippen LogP contribution in [-0.2, 0) is 10.9 Å². The Bertz CT molecular complexity index is 920. The van der Waals surface area contributed by atoms with Crippen molar-refractivity contribution in [2.24, 2.45) is 5.73 Å². The molecule has 1 aliphatic heterocycles. The van der Waals surface area contributed by atoms with Gasteiger partial charge in [0.05, 0.1) is 30.3 Å². The number of benzene rings is 2. The average molecular weight is 448 g/mol. The van der Waals surface area contributed by atoms with Gasteiger partial charge >= 0.3 is 12.8 Å². The maximum absolute atomic E-state index is 14.2. The summed E-state index contributed by atoms with van der Waals surface area (Å²) in [5.41, 5.74) is 4.23. The average Bonchev–Trinajstić information content (AvgIpc) is 3.08. The van der Waals surface area contributed by atoms with E-state index in [0.29, 0.717) is 5.69 Å². The van der Waals surface area contributed by atoms with Gasteiger partial charge in [0.15, 0.2) is 0 Å². The van der Waals surface area contributed by atoms with E-state index in [-0.39, 0.29) is 30.9 Å². The topological polar surface area (TPSA) is 64.8 Å². The molecule has 1 heterocycles. The van der Waals surface area contributed by atoms with E-state index in [9.17, 15) is 31.1 Å². The molecule has 1 unspecified atom stereocenters. The Labute approximate surface area is 173 Å². The number of alkyl halides is 5. The van der Waals surface area contributed by atoms with Crippen LogP contribution in [0, 0.1) is 5.82 Å². The number of hydrogen-bond acceptors (Lipinski definition) is 4. The number of hydrogen-bond donors (Lipinski definition) is 1. The van der Waals surface area contributed by atoms with E-state index in [0.717, 1.165) is 30.3 Å². The molecule has 168 valence electrons. The second-order valence-electron chi connectivity index (χ2n) is 6.93. The Kier molecular flexibility index (Phi) is 6.63. The van der Waals surface area contributed by atoms with Crippen molar-refractivity contribution in [3.8, 4) is 5.75 Å². The zero-order chi connectivity index (χ0) is 22.8. The fraction of sp³-hybridized carbons (Fsp3) is 0.350. The van der Waals surface area contributed by atoms with Crippen LogP contribution in [-0.4, -0.2) is 37.8 Å². The molecule has 2 atom stereocenters. The molecule has 0 saturated carbocycles. The van der Waals surface area contributed by atoms with E-state index in [4.69, 9.17) is 10.5 Å². The van der Waals surface area contributed by atoms with Crippen molar-refractivity contribution >= 4 is 11.6 Å². The van der Waals surface area contributed by atoms with Crippen LogP contribution in [0.3, 0.4) is 0 Å². The molecule has 1 fully saturated rings. The lowest BCUT2D eigenvalue weighted by Gasteiger charge is -2.26. The highest BCUT2D eigenvalue weighted by molar-refractivity contribution is 5.93. The monoisotopic (exact) mass is 448 g/mol. The molecule has 2 aromatic carbocycles. The molecule has 1 aliphatic rings. The van der Waals surface area contributed by atoms with Gasteiger partial charge in [0.1, 0.15) is 17.7 Å². The van der Waals surface area contributed by atoms with Gasteiger partial charge in [0.25, 0.3) is 5.91 Å². The van der Waals surface area contributed by atoms with Crippen LogP contribution in [0.2, 0.25) is 0 Å². The van der Waals surface area contributed by atoms with Crippen LogP contribution in [0.1, 0.15) is 22.3 Å². The van der Waals surface area contributed by atoms with E-state index in [1.165, 1.54) is 12.1 Å². The molecule has 2 N–H and O–H groups in total. The lowest BCUT2D eigenvalue weighted by Crippen LogP contribution is -2.34. The fourth-order valence-corrected chi connectivity index (χ4v) is 3.41. The number of nitrogens with zero attached hydrogens (tertiary/aromatic N) is 1. The van der Waals surface area contributed by atoms with Crippen molar-refractivity contribution in [2.75, 3.05) is 18.1 Å². The van der Waals surface area contributed by atoms with Crippen molar-refractivity contribution < 1.29 is 40.6 Å². The predicted molar refractivity (Wildman–Crippen MR) is 98.5 cm³/mol. The standard InChI is InChI=1S/C20H18F6N2O3/c21-17-8-12(3-6-16(17)18(27)29)28-9-15(7-13(28)10-30-19(22)23)31-14-4-1-11(2-5-14)20(24,25)26/h1-6,8,13,15,19H,7,9-10H2,(H2,27,29)/t13-,15?/m0/s1. The molecule has 1 saturated heterocycles. The van der Waals surface area contributed by atoms with Gasteiger partial charge in [-0.2, -0.15) is 22.0 Å². The Morgan fingerprint density at radius 2 is 1.84 bits per heavy atom. The SMILES string of the molecule is NC(=O)c1ccc(N2CC(Oc3ccc(C(F)(F)F)cc3)C[C@H]2COC(F)F)cc1F. The molecule has 0 aliphatic carbocycles. The van der Waals surface area contributed by atoms with Crippen LogP contribution in [0.25, 0.3) is 0 Å². The molecule has 0 bridgehead atoms. The molecule has 0 aromatic heterocycles. The van der Waals surface area contributed by atoms with E-state index < -0.39 is 42.2 Å². The first kappa shape index (κ1) is 22.7. The summed E-state index contributed by atoms with van der Waals surface area (Å²) in [5, 5.41) is 0. The minimum atomic E-state index is -4.48. The largest absolute Gasteiger partial charge is 0.489 e. The summed E-state index contributed by atoms with van der Waals surface area (Å²) in [6, 6.07) is 7.10. The number of ether oxygens (including phenoxy) is 2. The maximum atomic E-state index is 14.2. The third-order valence-electron chi connectivity index (χ3n) is 4.82. The predicted octanol–water partition coefficient (Wildman–Crippen LogP) is 4.21. The smallest absolute Gasteiger partial charge is 0.416 e. The normalized spacial score (nSPS) is 19.1. The third kappa shape index (κ3) is 5.60. The van der Waals surface area contributed by atoms with E-state index in [2.05, 4.69) is 4.74 Å². The lowest BCUT2D eigenvalue weighted by atomic mass is 10.1. The van der Waals surface area contributed by atoms with Gasteiger partial charge in [0.2, 0.25) is 0 Å². The molecule has 31 heavy (non-hydrogen) atoms. The Balaban J connectivity index is 1.77. The summed E-state index contributed by atoms with van der Waals surface area (Å²) in [5.74, 6) is -1.65. The van der Waals surface area contributed by atoms with Gasteiger partial charge < -0.3 is 20.1 Å². The molecule has 2 aromatic rings. The molecule has 0 radical (unpaired) electrons. The molecule has 0 spiro atoms. The van der Waals surface area contributed by atoms with Crippen LogP contribution < -0.4 is 15.4 Å². The zero-order valence-electron chi connectivity index (χ0n) is 15.9. The second kappa shape index (κ2) is 9.04. The summed E-state index contributed by atoms with van der Waals surface area (Å²) < 4.78 is 87.4. The number of halogens is 6. The first-order valence-corrected chi connectivity index (χ1v) is 9.14. The summed E-state index contributed by atoms with van der Waals surface area (Å²) in [7, 11) is 0. The summed E-state index contributed by atoms with van der Waals surface area (Å²) in [4.78, 5) is 12.8. The first-order valence-electron chi connectivity index (χ1n) is 9.14. The summed E-state index contributed by atoms with van der Waals surface area (Å²) in [6.07, 6.45) is -4.86. The highest BCUT2D eigenvalue weighted by Crippen LogP contribution is 2.33. The van der Waals surface area contributed by atoms with Crippen molar-refractivity contribution in [1.29, 1.82) is 0 Å². The van der Waals surface area contributed by atoms with E-state index >= 15 is 0 Å². The van der Waals surface area contributed by atoms with Gasteiger partial charge in [-0.15, -0.1) is 0 Å². The van der Waals surface area contributed by atoms with Crippen LogP contribution in [0.5, 0.6) is 5.75 Å². The van der Waals surface area contributed by atoms with E-state index in [1.807, 2.05) is 0 Å². The molecule has 1 amide bonds. The summed E-state index contributed by atoms with van der Waals surface area (Å²) >= 11 is 0. The minimum absolute atomic E-state index is 0.133. The van der Waals surface area contributed by atoms with Gasteiger partial charge in [-0.1, -0.05) is 0 Å². The van der Waals surface area contributed by atoms with Crippen LogP contribution in [0.15, 0.2) is 42.5 Å². The molecule has 11 heteroatoms. The van der Waals surface area contributed by atoms with Crippen LogP contribution >= 0.6 is 0 Å². The second-order valence-corrected chi connectivity index (χ2v) is 6.93. The Morgan fingerprint density at radius 1 is 1.16 bits per heavy atom. The maximum Gasteiger partial charge on any atom is 0.416 e. The Hall–Kier alpha value is -2.95. The molecular formula is C20H18F6N2O3. The van der Waals surface area contributed by atoms with Crippen molar-refractivity contribution in [3.63, 3.8) is 0 Å². The van der Waals surface area contributed by atoms with Crippen LogP contribution in [0.4, 0.5) is 32.0 Å². The number of anilines is 1. The number of rotatable bonds is 7. The number of nitrogens with two attached hydrogens (primary N) is 1. The van der Waals surface area contributed by atoms with E-state index in [1.54, 1.807) is 4.90 Å². The lowest BCUT2D eigenvalue weighted by molar-refractivity contribution is -0.137. The van der Waals surface area contributed by atoms with Gasteiger partial charge in [0, 0.05) is 12.1 Å².